The van der Waals surface area contributed by atoms with Crippen molar-refractivity contribution >= 4 is 22.5 Å². The summed E-state index contributed by atoms with van der Waals surface area (Å²) in [5.74, 6) is 0. The van der Waals surface area contributed by atoms with E-state index < -0.39 is 6.10 Å². The Balaban J connectivity index is 1.95. The van der Waals surface area contributed by atoms with E-state index in [0.717, 1.165) is 22.0 Å². The van der Waals surface area contributed by atoms with Gasteiger partial charge in [-0.05, 0) is 36.2 Å². The van der Waals surface area contributed by atoms with Crippen molar-refractivity contribution in [1.82, 2.24) is 9.97 Å². The van der Waals surface area contributed by atoms with Crippen molar-refractivity contribution in [3.8, 4) is 0 Å². The molecule has 4 heteroatoms. The summed E-state index contributed by atoms with van der Waals surface area (Å²) in [7, 11) is 0. The van der Waals surface area contributed by atoms with Crippen molar-refractivity contribution < 1.29 is 5.11 Å². The fourth-order valence-corrected chi connectivity index (χ4v) is 2.63. The first-order valence-electron chi connectivity index (χ1n) is 6.78. The lowest BCUT2D eigenvalue weighted by Gasteiger charge is -2.13. The maximum atomic E-state index is 10.4. The van der Waals surface area contributed by atoms with Crippen LogP contribution >= 0.6 is 11.6 Å². The fourth-order valence-electron chi connectivity index (χ4n) is 2.43. The number of para-hydroxylation sites is 1. The molecule has 0 aliphatic carbocycles. The summed E-state index contributed by atoms with van der Waals surface area (Å²) in [6.07, 6.45) is 3.00. The molecule has 0 aliphatic heterocycles. The van der Waals surface area contributed by atoms with Gasteiger partial charge in [0.25, 0.3) is 0 Å². The summed E-state index contributed by atoms with van der Waals surface area (Å²) < 4.78 is 0. The number of fused-ring (bicyclic) bond motifs is 1. The van der Waals surface area contributed by atoms with Crippen LogP contribution in [0.25, 0.3) is 10.9 Å². The highest BCUT2D eigenvalue weighted by Gasteiger charge is 2.14. The summed E-state index contributed by atoms with van der Waals surface area (Å²) >= 11 is 6.09. The van der Waals surface area contributed by atoms with Crippen molar-refractivity contribution in [2.24, 2.45) is 0 Å². The Morgan fingerprint density at radius 2 is 2.05 bits per heavy atom. The minimum atomic E-state index is -0.687. The molecule has 21 heavy (non-hydrogen) atoms. The first-order chi connectivity index (χ1) is 10.1. The molecule has 2 aromatic heterocycles. The number of rotatable bonds is 3. The van der Waals surface area contributed by atoms with Gasteiger partial charge in [0.05, 0.1) is 16.2 Å². The van der Waals surface area contributed by atoms with Gasteiger partial charge in [0, 0.05) is 24.2 Å². The van der Waals surface area contributed by atoms with E-state index in [1.165, 1.54) is 0 Å². The number of nitrogens with zero attached hydrogens (tertiary/aromatic N) is 2. The fraction of sp³-hybridized carbons (Fsp3) is 0.176. The molecule has 0 radical (unpaired) electrons. The molecule has 0 saturated carbocycles. The molecule has 0 amide bonds. The minimum absolute atomic E-state index is 0.423. The molecule has 0 fully saturated rings. The van der Waals surface area contributed by atoms with Gasteiger partial charge in [-0.2, -0.15) is 0 Å². The van der Waals surface area contributed by atoms with E-state index in [9.17, 15) is 5.11 Å². The predicted molar refractivity (Wildman–Crippen MR) is 84.4 cm³/mol. The van der Waals surface area contributed by atoms with E-state index in [0.29, 0.717) is 17.1 Å². The largest absolute Gasteiger partial charge is 0.386 e. The third-order valence-corrected chi connectivity index (χ3v) is 3.89. The first kappa shape index (κ1) is 14.0. The number of aliphatic hydroxyl groups excluding tert-OH is 1. The lowest BCUT2D eigenvalue weighted by molar-refractivity contribution is 0.174. The van der Waals surface area contributed by atoms with E-state index in [1.807, 2.05) is 43.3 Å². The molecule has 0 saturated heterocycles. The zero-order valence-electron chi connectivity index (χ0n) is 11.6. The van der Waals surface area contributed by atoms with Gasteiger partial charge in [-0.3, -0.25) is 9.97 Å². The molecular formula is C17H15ClN2O. The van der Waals surface area contributed by atoms with Crippen LogP contribution in [0.4, 0.5) is 0 Å². The molecule has 1 N–H and O–H groups in total. The average molecular weight is 299 g/mol. The van der Waals surface area contributed by atoms with Crippen LogP contribution in [0, 0.1) is 6.92 Å². The van der Waals surface area contributed by atoms with E-state index >= 15 is 0 Å². The van der Waals surface area contributed by atoms with Crippen LogP contribution in [0.15, 0.2) is 48.8 Å². The molecule has 3 nitrogen and oxygen atoms in total. The standard InChI is InChI=1S/C17H15ClN2O/c1-11-8-16(20-15-5-3-2-4-13(11)15)17(21)9-12-6-7-19-10-14(12)18/h2-8,10,17,21H,9H2,1H3. The summed E-state index contributed by atoms with van der Waals surface area (Å²) in [6, 6.07) is 11.7. The van der Waals surface area contributed by atoms with Crippen LogP contribution in [-0.2, 0) is 6.42 Å². The van der Waals surface area contributed by atoms with Crippen LogP contribution in [0.2, 0.25) is 5.02 Å². The molecule has 3 aromatic rings. The monoisotopic (exact) mass is 298 g/mol. The summed E-state index contributed by atoms with van der Waals surface area (Å²) in [6.45, 7) is 2.03. The number of aromatic nitrogens is 2. The summed E-state index contributed by atoms with van der Waals surface area (Å²) in [4.78, 5) is 8.50. The summed E-state index contributed by atoms with van der Waals surface area (Å²) in [5, 5.41) is 12.1. The van der Waals surface area contributed by atoms with Gasteiger partial charge in [0.2, 0.25) is 0 Å². The van der Waals surface area contributed by atoms with E-state index in [4.69, 9.17) is 11.6 Å². The highest BCUT2D eigenvalue weighted by atomic mass is 35.5. The van der Waals surface area contributed by atoms with Gasteiger partial charge in [-0.1, -0.05) is 29.8 Å². The van der Waals surface area contributed by atoms with Gasteiger partial charge in [0.1, 0.15) is 6.10 Å². The highest BCUT2D eigenvalue weighted by Crippen LogP contribution is 2.25. The maximum absolute atomic E-state index is 10.4. The van der Waals surface area contributed by atoms with Crippen LogP contribution in [0.1, 0.15) is 22.9 Å². The van der Waals surface area contributed by atoms with Crippen molar-refractivity contribution in [3.63, 3.8) is 0 Å². The number of pyridine rings is 2. The number of hydrogen-bond acceptors (Lipinski definition) is 3. The maximum Gasteiger partial charge on any atom is 0.100 e. The van der Waals surface area contributed by atoms with Gasteiger partial charge in [-0.15, -0.1) is 0 Å². The molecule has 1 unspecified atom stereocenters. The summed E-state index contributed by atoms with van der Waals surface area (Å²) in [5.41, 5.74) is 3.54. The molecule has 106 valence electrons. The molecule has 2 heterocycles. The molecule has 0 spiro atoms. The highest BCUT2D eigenvalue weighted by molar-refractivity contribution is 6.31. The molecule has 1 aromatic carbocycles. The second-order valence-electron chi connectivity index (χ2n) is 5.07. The Kier molecular flexibility index (Phi) is 3.86. The number of benzene rings is 1. The van der Waals surface area contributed by atoms with Crippen LogP contribution in [-0.4, -0.2) is 15.1 Å². The van der Waals surface area contributed by atoms with Gasteiger partial charge in [0.15, 0.2) is 0 Å². The van der Waals surface area contributed by atoms with Crippen molar-refractivity contribution in [2.45, 2.75) is 19.4 Å². The second kappa shape index (κ2) is 5.80. The quantitative estimate of drug-likeness (QED) is 0.798. The minimum Gasteiger partial charge on any atom is -0.386 e. The predicted octanol–water partition coefficient (Wildman–Crippen LogP) is 3.87. The van der Waals surface area contributed by atoms with Crippen LogP contribution in [0.5, 0.6) is 0 Å². The Morgan fingerprint density at radius 3 is 2.86 bits per heavy atom. The topological polar surface area (TPSA) is 46.0 Å². The number of aryl methyl sites for hydroxylation is 1. The SMILES string of the molecule is Cc1cc(C(O)Cc2ccncc2Cl)nc2ccccc12. The number of hydrogen-bond donors (Lipinski definition) is 1. The Bertz CT molecular complexity index is 789. The third-order valence-electron chi connectivity index (χ3n) is 3.55. The van der Waals surface area contributed by atoms with Gasteiger partial charge in [-0.25, -0.2) is 0 Å². The molecular weight excluding hydrogens is 284 g/mol. The Morgan fingerprint density at radius 1 is 1.24 bits per heavy atom. The average Bonchev–Trinajstić information content (AvgIpc) is 2.49. The van der Waals surface area contributed by atoms with E-state index in [-0.39, 0.29) is 0 Å². The Hall–Kier alpha value is -1.97. The van der Waals surface area contributed by atoms with Crippen LogP contribution < -0.4 is 0 Å². The van der Waals surface area contributed by atoms with Crippen molar-refractivity contribution in [1.29, 1.82) is 0 Å². The van der Waals surface area contributed by atoms with Crippen LogP contribution in [0.3, 0.4) is 0 Å². The van der Waals surface area contributed by atoms with Gasteiger partial charge < -0.3 is 5.11 Å². The van der Waals surface area contributed by atoms with Gasteiger partial charge >= 0.3 is 0 Å². The van der Waals surface area contributed by atoms with E-state index in [2.05, 4.69) is 9.97 Å². The zero-order valence-corrected chi connectivity index (χ0v) is 12.4. The number of aliphatic hydroxyl groups is 1. The number of halogens is 1. The third kappa shape index (κ3) is 2.89. The molecule has 3 rings (SSSR count). The normalized spacial score (nSPS) is 12.5. The van der Waals surface area contributed by atoms with Crippen molar-refractivity contribution in [2.75, 3.05) is 0 Å². The van der Waals surface area contributed by atoms with E-state index in [1.54, 1.807) is 12.4 Å². The molecule has 1 atom stereocenters. The Labute approximate surface area is 128 Å². The smallest absolute Gasteiger partial charge is 0.100 e. The zero-order chi connectivity index (χ0) is 14.8. The van der Waals surface area contributed by atoms with Crippen molar-refractivity contribution in [3.05, 3.63) is 70.6 Å². The lowest BCUT2D eigenvalue weighted by Crippen LogP contribution is -2.05. The molecule has 0 bridgehead atoms. The first-order valence-corrected chi connectivity index (χ1v) is 7.15. The lowest BCUT2D eigenvalue weighted by atomic mass is 10.0. The molecule has 0 aliphatic rings. The second-order valence-corrected chi connectivity index (χ2v) is 5.48.